The molecule has 0 fully saturated rings. The SMILES string of the molecule is CCNC(=O)[C@H](C)NC(=O)CN(C)CC(=O)Nc1ccccc1SC. The lowest BCUT2D eigenvalue weighted by atomic mass is 10.3. The van der Waals surface area contributed by atoms with Crippen LogP contribution in [0.1, 0.15) is 13.8 Å². The molecular formula is C17H26N4O3S. The van der Waals surface area contributed by atoms with Crippen molar-refractivity contribution in [2.75, 3.05) is 38.3 Å². The molecule has 8 heteroatoms. The molecule has 0 radical (unpaired) electrons. The number of thioether (sulfide) groups is 1. The van der Waals surface area contributed by atoms with Crippen LogP contribution in [0.4, 0.5) is 5.69 Å². The van der Waals surface area contributed by atoms with E-state index in [1.807, 2.05) is 37.4 Å². The molecule has 0 bridgehead atoms. The molecule has 25 heavy (non-hydrogen) atoms. The van der Waals surface area contributed by atoms with E-state index in [1.165, 1.54) is 0 Å². The van der Waals surface area contributed by atoms with Gasteiger partial charge < -0.3 is 16.0 Å². The van der Waals surface area contributed by atoms with Crippen LogP contribution in [0, 0.1) is 0 Å². The van der Waals surface area contributed by atoms with Crippen molar-refractivity contribution in [3.05, 3.63) is 24.3 Å². The number of benzene rings is 1. The highest BCUT2D eigenvalue weighted by molar-refractivity contribution is 7.98. The number of likely N-dealkylation sites (N-methyl/N-ethyl adjacent to an activating group) is 2. The zero-order valence-corrected chi connectivity index (χ0v) is 15.9. The fraction of sp³-hybridized carbons (Fsp3) is 0.471. The van der Waals surface area contributed by atoms with Gasteiger partial charge in [0.2, 0.25) is 17.7 Å². The largest absolute Gasteiger partial charge is 0.355 e. The van der Waals surface area contributed by atoms with E-state index in [0.29, 0.717) is 6.54 Å². The Bertz CT molecular complexity index is 609. The predicted octanol–water partition coefficient (Wildman–Crippen LogP) is 0.920. The van der Waals surface area contributed by atoms with E-state index in [9.17, 15) is 14.4 Å². The third-order valence-corrected chi connectivity index (χ3v) is 4.13. The summed E-state index contributed by atoms with van der Waals surface area (Å²) in [5, 5.41) is 8.09. The molecule has 7 nitrogen and oxygen atoms in total. The monoisotopic (exact) mass is 366 g/mol. The van der Waals surface area contributed by atoms with Crippen LogP contribution in [0.25, 0.3) is 0 Å². The molecule has 3 amide bonds. The van der Waals surface area contributed by atoms with Gasteiger partial charge in [0.05, 0.1) is 18.8 Å². The standard InChI is InChI=1S/C17H26N4O3S/c1-5-18-17(24)12(2)19-15(22)10-21(3)11-16(23)20-13-8-6-7-9-14(13)25-4/h6-9,12H,5,10-11H2,1-4H3,(H,18,24)(H,19,22)(H,20,23)/t12-/m0/s1. The Morgan fingerprint density at radius 1 is 1.16 bits per heavy atom. The minimum absolute atomic E-state index is 0.0291. The number of para-hydroxylation sites is 1. The summed E-state index contributed by atoms with van der Waals surface area (Å²) in [5.74, 6) is -0.739. The summed E-state index contributed by atoms with van der Waals surface area (Å²) in [7, 11) is 1.68. The maximum absolute atomic E-state index is 12.1. The van der Waals surface area contributed by atoms with Crippen LogP contribution in [-0.2, 0) is 14.4 Å². The first kappa shape index (κ1) is 21.0. The minimum atomic E-state index is -0.608. The van der Waals surface area contributed by atoms with Gasteiger partial charge in [-0.05, 0) is 39.3 Å². The Kier molecular flexibility index (Phi) is 9.01. The van der Waals surface area contributed by atoms with Gasteiger partial charge in [-0.2, -0.15) is 0 Å². The van der Waals surface area contributed by atoms with Gasteiger partial charge in [-0.3, -0.25) is 19.3 Å². The van der Waals surface area contributed by atoms with Crippen LogP contribution < -0.4 is 16.0 Å². The number of nitrogens with zero attached hydrogens (tertiary/aromatic N) is 1. The summed E-state index contributed by atoms with van der Waals surface area (Å²) in [6.45, 7) is 4.05. The fourth-order valence-electron chi connectivity index (χ4n) is 2.16. The van der Waals surface area contributed by atoms with Gasteiger partial charge in [-0.15, -0.1) is 11.8 Å². The average molecular weight is 366 g/mol. The highest BCUT2D eigenvalue weighted by Gasteiger charge is 2.17. The zero-order valence-electron chi connectivity index (χ0n) is 15.1. The zero-order chi connectivity index (χ0) is 18.8. The molecule has 0 spiro atoms. The summed E-state index contributed by atoms with van der Waals surface area (Å²) in [4.78, 5) is 38.2. The molecule has 0 saturated heterocycles. The number of nitrogens with one attached hydrogen (secondary N) is 3. The maximum Gasteiger partial charge on any atom is 0.242 e. The number of rotatable bonds is 9. The van der Waals surface area contributed by atoms with E-state index in [4.69, 9.17) is 0 Å². The van der Waals surface area contributed by atoms with Gasteiger partial charge in [0.1, 0.15) is 6.04 Å². The van der Waals surface area contributed by atoms with Crippen molar-refractivity contribution in [1.29, 1.82) is 0 Å². The molecule has 0 heterocycles. The number of amides is 3. The van der Waals surface area contributed by atoms with Gasteiger partial charge in [-0.1, -0.05) is 12.1 Å². The normalized spacial score (nSPS) is 11.7. The summed E-state index contributed by atoms with van der Waals surface area (Å²) >= 11 is 1.55. The fourth-order valence-corrected chi connectivity index (χ4v) is 2.72. The van der Waals surface area contributed by atoms with Crippen LogP contribution in [-0.4, -0.2) is 61.6 Å². The first-order valence-corrected chi connectivity index (χ1v) is 9.28. The van der Waals surface area contributed by atoms with Crippen molar-refractivity contribution < 1.29 is 14.4 Å². The van der Waals surface area contributed by atoms with Crippen LogP contribution in [0.5, 0.6) is 0 Å². The van der Waals surface area contributed by atoms with E-state index >= 15 is 0 Å². The van der Waals surface area contributed by atoms with Crippen LogP contribution in [0.2, 0.25) is 0 Å². The minimum Gasteiger partial charge on any atom is -0.355 e. The lowest BCUT2D eigenvalue weighted by Gasteiger charge is -2.18. The van der Waals surface area contributed by atoms with Gasteiger partial charge >= 0.3 is 0 Å². The Labute approximate surface area is 152 Å². The second-order valence-corrected chi connectivity index (χ2v) is 6.45. The molecular weight excluding hydrogens is 340 g/mol. The predicted molar refractivity (Wildman–Crippen MR) is 101 cm³/mol. The van der Waals surface area contributed by atoms with E-state index in [1.54, 1.807) is 30.6 Å². The van der Waals surface area contributed by atoms with Crippen LogP contribution in [0.15, 0.2) is 29.2 Å². The molecule has 0 saturated carbocycles. The summed E-state index contributed by atoms with van der Waals surface area (Å²) in [6.07, 6.45) is 1.94. The lowest BCUT2D eigenvalue weighted by molar-refractivity contribution is -0.129. The third-order valence-electron chi connectivity index (χ3n) is 3.33. The molecule has 1 aromatic rings. The van der Waals surface area contributed by atoms with Crippen molar-refractivity contribution in [2.45, 2.75) is 24.8 Å². The highest BCUT2D eigenvalue weighted by Crippen LogP contribution is 2.24. The number of carbonyl (C=O) groups is 3. The van der Waals surface area contributed by atoms with Crippen molar-refractivity contribution in [3.8, 4) is 0 Å². The summed E-state index contributed by atoms with van der Waals surface area (Å²) < 4.78 is 0. The average Bonchev–Trinajstić information content (AvgIpc) is 2.54. The van der Waals surface area contributed by atoms with Crippen LogP contribution >= 0.6 is 11.8 Å². The molecule has 0 aliphatic heterocycles. The summed E-state index contributed by atoms with van der Waals surface area (Å²) in [6, 6.07) is 6.93. The highest BCUT2D eigenvalue weighted by atomic mass is 32.2. The van der Waals surface area contributed by atoms with Gasteiger partial charge in [-0.25, -0.2) is 0 Å². The van der Waals surface area contributed by atoms with Crippen molar-refractivity contribution in [1.82, 2.24) is 15.5 Å². The lowest BCUT2D eigenvalue weighted by Crippen LogP contribution is -2.48. The first-order chi connectivity index (χ1) is 11.9. The quantitative estimate of drug-likeness (QED) is 0.566. The number of hydrogen-bond acceptors (Lipinski definition) is 5. The van der Waals surface area contributed by atoms with Crippen molar-refractivity contribution in [3.63, 3.8) is 0 Å². The van der Waals surface area contributed by atoms with Gasteiger partial charge in [0.15, 0.2) is 0 Å². The second kappa shape index (κ2) is 10.7. The molecule has 3 N–H and O–H groups in total. The molecule has 0 aromatic heterocycles. The molecule has 1 aromatic carbocycles. The molecule has 1 rings (SSSR count). The molecule has 1 atom stereocenters. The van der Waals surface area contributed by atoms with E-state index < -0.39 is 6.04 Å². The maximum atomic E-state index is 12.1. The number of carbonyl (C=O) groups excluding carboxylic acids is 3. The van der Waals surface area contributed by atoms with Crippen molar-refractivity contribution in [2.24, 2.45) is 0 Å². The number of hydrogen-bond donors (Lipinski definition) is 3. The van der Waals surface area contributed by atoms with Gasteiger partial charge in [0.25, 0.3) is 0 Å². The Hall–Kier alpha value is -2.06. The Morgan fingerprint density at radius 3 is 2.44 bits per heavy atom. The van der Waals surface area contributed by atoms with E-state index in [2.05, 4.69) is 16.0 Å². The first-order valence-electron chi connectivity index (χ1n) is 8.05. The third kappa shape index (κ3) is 7.57. The Balaban J connectivity index is 2.45. The molecule has 0 aliphatic rings. The molecule has 0 aliphatic carbocycles. The molecule has 138 valence electrons. The number of anilines is 1. The van der Waals surface area contributed by atoms with Gasteiger partial charge in [0, 0.05) is 11.4 Å². The molecule has 0 unspecified atom stereocenters. The van der Waals surface area contributed by atoms with Crippen LogP contribution in [0.3, 0.4) is 0 Å². The Morgan fingerprint density at radius 2 is 1.80 bits per heavy atom. The smallest absolute Gasteiger partial charge is 0.242 e. The topological polar surface area (TPSA) is 90.5 Å². The summed E-state index contributed by atoms with van der Waals surface area (Å²) in [5.41, 5.74) is 0.753. The van der Waals surface area contributed by atoms with E-state index in [0.717, 1.165) is 10.6 Å². The second-order valence-electron chi connectivity index (χ2n) is 5.60. The van der Waals surface area contributed by atoms with Crippen molar-refractivity contribution >= 4 is 35.2 Å². The van der Waals surface area contributed by atoms with E-state index in [-0.39, 0.29) is 30.8 Å².